The molecule has 2 aromatic rings. The molecule has 3 aliphatic heterocycles. The van der Waals surface area contributed by atoms with Gasteiger partial charge in [0.1, 0.15) is 11.9 Å². The van der Waals surface area contributed by atoms with Crippen molar-refractivity contribution in [1.82, 2.24) is 19.8 Å². The maximum absolute atomic E-state index is 13.7. The van der Waals surface area contributed by atoms with Gasteiger partial charge in [0.2, 0.25) is 0 Å². The van der Waals surface area contributed by atoms with E-state index in [1.54, 1.807) is 23.4 Å². The Labute approximate surface area is 192 Å². The van der Waals surface area contributed by atoms with E-state index in [0.717, 1.165) is 18.5 Å². The summed E-state index contributed by atoms with van der Waals surface area (Å²) in [4.78, 5) is 34.6. The highest BCUT2D eigenvalue weighted by molar-refractivity contribution is 6.31. The van der Waals surface area contributed by atoms with Gasteiger partial charge in [-0.2, -0.15) is 0 Å². The molecule has 0 unspecified atom stereocenters. The number of aromatic nitrogens is 2. The molecule has 170 valence electrons. The van der Waals surface area contributed by atoms with Crippen LogP contribution in [0.4, 0.5) is 10.5 Å². The number of amides is 2. The lowest BCUT2D eigenvalue weighted by Gasteiger charge is -2.44. The number of carbonyl (C=O) groups excluding carboxylic acids is 2. The van der Waals surface area contributed by atoms with Crippen LogP contribution in [-0.4, -0.2) is 57.2 Å². The lowest BCUT2D eigenvalue weighted by Crippen LogP contribution is -2.62. The molecule has 2 atom stereocenters. The standard InChI is InChI=1S/C23H28ClN5O3/c1-23(2,3)32-21(30)20-19-12-28(18-9-14(24)7-8-17(18)29(19)13-25-20)22(31)27-10-15-5-4-6-16(11-27)26-15/h7-9,13,15-16,26H,4-6,10-12H2,1-3H3/t15-,16+. The number of esters is 1. The number of piperazine rings is 1. The Morgan fingerprint density at radius 3 is 2.56 bits per heavy atom. The fourth-order valence-electron chi connectivity index (χ4n) is 4.88. The number of halogens is 1. The number of fused-ring (bicyclic) bond motifs is 5. The lowest BCUT2D eigenvalue weighted by molar-refractivity contribution is 0.00619. The number of hydrogen-bond acceptors (Lipinski definition) is 5. The van der Waals surface area contributed by atoms with Crippen LogP contribution in [0, 0.1) is 0 Å². The first-order chi connectivity index (χ1) is 15.2. The molecule has 8 nitrogen and oxygen atoms in total. The number of hydrogen-bond donors (Lipinski definition) is 1. The molecule has 32 heavy (non-hydrogen) atoms. The Kier molecular flexibility index (Phi) is 5.17. The van der Waals surface area contributed by atoms with Gasteiger partial charge in [-0.1, -0.05) is 18.0 Å². The van der Waals surface area contributed by atoms with Crippen molar-refractivity contribution in [3.8, 4) is 5.69 Å². The number of nitrogens with zero attached hydrogens (tertiary/aromatic N) is 4. The zero-order valence-corrected chi connectivity index (χ0v) is 19.4. The fourth-order valence-corrected chi connectivity index (χ4v) is 5.05. The van der Waals surface area contributed by atoms with Crippen molar-refractivity contribution in [2.75, 3.05) is 18.0 Å². The van der Waals surface area contributed by atoms with Gasteiger partial charge in [-0.25, -0.2) is 14.6 Å². The predicted octanol–water partition coefficient (Wildman–Crippen LogP) is 3.75. The van der Waals surface area contributed by atoms with Crippen LogP contribution in [0.15, 0.2) is 24.5 Å². The first-order valence-corrected chi connectivity index (χ1v) is 11.5. The maximum atomic E-state index is 13.7. The summed E-state index contributed by atoms with van der Waals surface area (Å²) in [5, 5.41) is 4.17. The fraction of sp³-hybridized carbons (Fsp3) is 0.522. The Morgan fingerprint density at radius 1 is 1.16 bits per heavy atom. The number of piperidine rings is 1. The van der Waals surface area contributed by atoms with Gasteiger partial charge in [0.15, 0.2) is 5.69 Å². The minimum atomic E-state index is -0.637. The van der Waals surface area contributed by atoms with Crippen LogP contribution in [0.3, 0.4) is 0 Å². The number of benzene rings is 1. The van der Waals surface area contributed by atoms with Crippen LogP contribution in [0.2, 0.25) is 5.02 Å². The van der Waals surface area contributed by atoms with Gasteiger partial charge in [-0.3, -0.25) is 9.47 Å². The lowest BCUT2D eigenvalue weighted by atomic mass is 9.94. The predicted molar refractivity (Wildman–Crippen MR) is 121 cm³/mol. The quantitative estimate of drug-likeness (QED) is 0.660. The zero-order valence-electron chi connectivity index (χ0n) is 18.6. The highest BCUT2D eigenvalue weighted by Gasteiger charge is 2.38. The third-order valence-electron chi connectivity index (χ3n) is 6.21. The van der Waals surface area contributed by atoms with Crippen molar-refractivity contribution in [1.29, 1.82) is 0 Å². The summed E-state index contributed by atoms with van der Waals surface area (Å²) in [7, 11) is 0. The second kappa shape index (κ2) is 7.78. The topological polar surface area (TPSA) is 79.7 Å². The summed E-state index contributed by atoms with van der Waals surface area (Å²) >= 11 is 6.31. The van der Waals surface area contributed by atoms with Crippen LogP contribution in [-0.2, 0) is 11.3 Å². The van der Waals surface area contributed by atoms with Crippen molar-refractivity contribution in [2.24, 2.45) is 0 Å². The molecular formula is C23H28ClN5O3. The molecule has 0 spiro atoms. The van der Waals surface area contributed by atoms with Gasteiger partial charge in [-0.05, 0) is 51.8 Å². The molecule has 1 aromatic carbocycles. The average Bonchev–Trinajstić information content (AvgIpc) is 3.15. The zero-order chi connectivity index (χ0) is 22.6. The van der Waals surface area contributed by atoms with Crippen LogP contribution < -0.4 is 10.2 Å². The van der Waals surface area contributed by atoms with Crippen molar-refractivity contribution in [3.63, 3.8) is 0 Å². The molecule has 0 saturated carbocycles. The summed E-state index contributed by atoms with van der Waals surface area (Å²) in [5.41, 5.74) is 1.71. The molecule has 1 N–H and O–H groups in total. The number of imidazole rings is 1. The van der Waals surface area contributed by atoms with Gasteiger partial charge in [0.05, 0.1) is 23.6 Å². The maximum Gasteiger partial charge on any atom is 0.359 e. The minimum Gasteiger partial charge on any atom is -0.455 e. The Hall–Kier alpha value is -2.58. The molecule has 2 bridgehead atoms. The van der Waals surface area contributed by atoms with E-state index in [0.29, 0.717) is 41.6 Å². The Balaban J connectivity index is 1.51. The molecule has 4 heterocycles. The molecule has 1 aromatic heterocycles. The van der Waals surface area contributed by atoms with Crippen molar-refractivity contribution in [2.45, 2.75) is 64.3 Å². The number of urea groups is 1. The number of likely N-dealkylation sites (tertiary alicyclic amines) is 1. The minimum absolute atomic E-state index is 0.0745. The smallest absolute Gasteiger partial charge is 0.359 e. The molecular weight excluding hydrogens is 430 g/mol. The third kappa shape index (κ3) is 3.86. The molecule has 2 fully saturated rings. The number of anilines is 1. The SMILES string of the molecule is CC(C)(C)OC(=O)c1ncn2c1CN(C(=O)N1C[C@H]3CCC[C@@H](C1)N3)c1cc(Cl)ccc1-2. The molecule has 0 radical (unpaired) electrons. The summed E-state index contributed by atoms with van der Waals surface area (Å²) in [6.07, 6.45) is 4.97. The summed E-state index contributed by atoms with van der Waals surface area (Å²) in [5.74, 6) is -0.493. The molecule has 9 heteroatoms. The van der Waals surface area contributed by atoms with E-state index in [-0.39, 0.29) is 18.3 Å². The van der Waals surface area contributed by atoms with E-state index in [2.05, 4.69) is 10.3 Å². The van der Waals surface area contributed by atoms with Gasteiger partial charge in [0.25, 0.3) is 0 Å². The first kappa shape index (κ1) is 21.3. The summed E-state index contributed by atoms with van der Waals surface area (Å²) in [6.45, 7) is 7.05. The highest BCUT2D eigenvalue weighted by atomic mass is 35.5. The van der Waals surface area contributed by atoms with E-state index in [1.807, 2.05) is 36.3 Å². The van der Waals surface area contributed by atoms with Crippen molar-refractivity contribution < 1.29 is 14.3 Å². The third-order valence-corrected chi connectivity index (χ3v) is 6.45. The second-order valence-electron chi connectivity index (χ2n) is 9.81. The molecule has 0 aliphatic carbocycles. The monoisotopic (exact) mass is 457 g/mol. The van der Waals surface area contributed by atoms with Crippen LogP contribution in [0.25, 0.3) is 5.69 Å². The molecule has 2 saturated heterocycles. The summed E-state index contributed by atoms with van der Waals surface area (Å²) < 4.78 is 7.41. The number of nitrogens with one attached hydrogen (secondary N) is 1. The highest BCUT2D eigenvalue weighted by Crippen LogP contribution is 2.36. The van der Waals surface area contributed by atoms with E-state index in [9.17, 15) is 9.59 Å². The second-order valence-corrected chi connectivity index (χ2v) is 10.2. The van der Waals surface area contributed by atoms with Gasteiger partial charge in [0, 0.05) is 30.2 Å². The van der Waals surface area contributed by atoms with Crippen molar-refractivity contribution >= 4 is 29.3 Å². The number of carbonyl (C=O) groups is 2. The first-order valence-electron chi connectivity index (χ1n) is 11.1. The molecule has 3 aliphatic rings. The Bertz CT molecular complexity index is 1060. The number of ether oxygens (including phenoxy) is 1. The van der Waals surface area contributed by atoms with E-state index < -0.39 is 11.6 Å². The molecule has 2 amide bonds. The largest absolute Gasteiger partial charge is 0.455 e. The van der Waals surface area contributed by atoms with E-state index in [1.165, 1.54) is 6.42 Å². The van der Waals surface area contributed by atoms with E-state index in [4.69, 9.17) is 16.3 Å². The van der Waals surface area contributed by atoms with Gasteiger partial charge in [-0.15, -0.1) is 0 Å². The average molecular weight is 458 g/mol. The molecule has 5 rings (SSSR count). The van der Waals surface area contributed by atoms with Crippen molar-refractivity contribution in [3.05, 3.63) is 40.9 Å². The number of rotatable bonds is 1. The van der Waals surface area contributed by atoms with Crippen LogP contribution >= 0.6 is 11.6 Å². The normalized spacial score (nSPS) is 22.2. The van der Waals surface area contributed by atoms with Gasteiger partial charge >= 0.3 is 12.0 Å². The van der Waals surface area contributed by atoms with Crippen LogP contribution in [0.1, 0.15) is 56.2 Å². The summed E-state index contributed by atoms with van der Waals surface area (Å²) in [6, 6.07) is 6.02. The van der Waals surface area contributed by atoms with Gasteiger partial charge < -0.3 is 15.0 Å². The van der Waals surface area contributed by atoms with Crippen LogP contribution in [0.5, 0.6) is 0 Å². The Morgan fingerprint density at radius 2 is 1.88 bits per heavy atom. The van der Waals surface area contributed by atoms with E-state index >= 15 is 0 Å².